The van der Waals surface area contributed by atoms with Crippen LogP contribution in [0.5, 0.6) is 0 Å². The molecule has 39 heavy (non-hydrogen) atoms. The number of aromatic nitrogens is 3. The van der Waals surface area contributed by atoms with E-state index >= 15 is 0 Å². The minimum absolute atomic E-state index is 0.0303. The molecule has 0 unspecified atom stereocenters. The first kappa shape index (κ1) is 27.7. The Kier molecular flexibility index (Phi) is 6.85. The first-order valence-corrected chi connectivity index (χ1v) is 14.8. The lowest BCUT2D eigenvalue weighted by atomic mass is 9.81. The van der Waals surface area contributed by atoms with Crippen LogP contribution in [0.2, 0.25) is 5.15 Å². The Morgan fingerprint density at radius 3 is 2.44 bits per heavy atom. The van der Waals surface area contributed by atoms with E-state index in [1.165, 1.54) is 12.1 Å². The van der Waals surface area contributed by atoms with Crippen molar-refractivity contribution in [2.45, 2.75) is 50.7 Å². The average Bonchev–Trinajstić information content (AvgIpc) is 3.23. The smallest absolute Gasteiger partial charge is 0.339 e. The highest BCUT2D eigenvalue weighted by molar-refractivity contribution is 7.91. The fraction of sp³-hybridized carbons (Fsp3) is 0.500. The maximum absolute atomic E-state index is 14.3. The molecule has 2 aromatic heterocycles. The van der Waals surface area contributed by atoms with E-state index in [2.05, 4.69) is 23.9 Å². The summed E-state index contributed by atoms with van der Waals surface area (Å²) >= 11 is 6.13. The van der Waals surface area contributed by atoms with E-state index in [1.807, 2.05) is 4.90 Å². The van der Waals surface area contributed by atoms with Gasteiger partial charge in [-0.05, 0) is 37.0 Å². The van der Waals surface area contributed by atoms with Crippen LogP contribution < -0.4 is 4.90 Å². The molecule has 0 saturated carbocycles. The van der Waals surface area contributed by atoms with Gasteiger partial charge in [0.25, 0.3) is 0 Å². The molecule has 5 rings (SSSR count). The van der Waals surface area contributed by atoms with Crippen LogP contribution in [0.25, 0.3) is 5.65 Å². The van der Waals surface area contributed by atoms with Crippen molar-refractivity contribution in [3.05, 3.63) is 52.9 Å². The summed E-state index contributed by atoms with van der Waals surface area (Å²) in [6, 6.07) is 5.52. The zero-order valence-corrected chi connectivity index (χ0v) is 23.3. The van der Waals surface area contributed by atoms with E-state index in [9.17, 15) is 26.4 Å². The third-order valence-corrected chi connectivity index (χ3v) is 9.70. The van der Waals surface area contributed by atoms with Crippen molar-refractivity contribution in [3.63, 3.8) is 0 Å². The predicted molar refractivity (Wildman–Crippen MR) is 142 cm³/mol. The van der Waals surface area contributed by atoms with Gasteiger partial charge in [0.15, 0.2) is 16.8 Å². The molecule has 0 radical (unpaired) electrons. The van der Waals surface area contributed by atoms with Crippen molar-refractivity contribution in [1.82, 2.24) is 19.5 Å². The topological polar surface area (TPSA) is 87.9 Å². The molecule has 210 valence electrons. The van der Waals surface area contributed by atoms with Crippen LogP contribution in [0, 0.1) is 5.92 Å². The maximum Gasteiger partial charge on any atom is 0.413 e. The Hall–Kier alpha value is -2.86. The number of carbonyl (C=O) groups excluding carboxylic acids is 1. The SMILES string of the molecule is CN(C(=O)C1CCS(=O)(=O)CC1)[C@@H](c1ccc(N2CCC(C)(C)c3c2cnc2cc(Cl)nn32)cc1)C(F)(F)F. The summed E-state index contributed by atoms with van der Waals surface area (Å²) < 4.78 is 68.0. The largest absolute Gasteiger partial charge is 0.413 e. The Bertz CT molecular complexity index is 1510. The van der Waals surface area contributed by atoms with Crippen LogP contribution in [-0.4, -0.2) is 65.1 Å². The van der Waals surface area contributed by atoms with Gasteiger partial charge in [0.1, 0.15) is 9.84 Å². The van der Waals surface area contributed by atoms with E-state index in [1.54, 1.807) is 28.9 Å². The molecule has 3 aromatic rings. The molecule has 1 amide bonds. The van der Waals surface area contributed by atoms with Gasteiger partial charge in [-0.2, -0.15) is 18.3 Å². The van der Waals surface area contributed by atoms with Gasteiger partial charge >= 0.3 is 6.18 Å². The Morgan fingerprint density at radius 1 is 1.18 bits per heavy atom. The van der Waals surface area contributed by atoms with Crippen molar-refractivity contribution in [3.8, 4) is 0 Å². The summed E-state index contributed by atoms with van der Waals surface area (Å²) in [5, 5.41) is 4.71. The van der Waals surface area contributed by atoms with E-state index in [-0.39, 0.29) is 35.3 Å². The molecule has 4 heterocycles. The number of amides is 1. The van der Waals surface area contributed by atoms with Crippen molar-refractivity contribution in [2.75, 3.05) is 30.0 Å². The fourth-order valence-electron chi connectivity index (χ4n) is 5.65. The normalized spacial score (nSPS) is 20.0. The minimum Gasteiger partial charge on any atom is -0.339 e. The van der Waals surface area contributed by atoms with Gasteiger partial charge in [-0.15, -0.1) is 0 Å². The highest BCUT2D eigenvalue weighted by atomic mass is 35.5. The number of benzene rings is 1. The van der Waals surface area contributed by atoms with E-state index in [4.69, 9.17) is 11.6 Å². The second-order valence-electron chi connectivity index (χ2n) is 10.9. The average molecular weight is 584 g/mol. The second kappa shape index (κ2) is 9.65. The van der Waals surface area contributed by atoms with Crippen molar-refractivity contribution in [1.29, 1.82) is 0 Å². The quantitative estimate of drug-likeness (QED) is 0.425. The lowest BCUT2D eigenvalue weighted by Crippen LogP contribution is -2.44. The number of carbonyl (C=O) groups is 1. The van der Waals surface area contributed by atoms with E-state index in [0.717, 1.165) is 24.8 Å². The summed E-state index contributed by atoms with van der Waals surface area (Å²) in [4.78, 5) is 20.2. The molecular weight excluding hydrogens is 555 g/mol. The zero-order chi connectivity index (χ0) is 28.3. The summed E-state index contributed by atoms with van der Waals surface area (Å²) in [7, 11) is -2.11. The van der Waals surface area contributed by atoms with Crippen molar-refractivity contribution in [2.24, 2.45) is 5.92 Å². The molecule has 1 aromatic carbocycles. The van der Waals surface area contributed by atoms with Crippen molar-refractivity contribution >= 4 is 44.4 Å². The van der Waals surface area contributed by atoms with Gasteiger partial charge in [-0.1, -0.05) is 37.6 Å². The van der Waals surface area contributed by atoms with Gasteiger partial charge in [0.05, 0.1) is 29.1 Å². The summed E-state index contributed by atoms with van der Waals surface area (Å²) in [5.74, 6) is -1.84. The number of rotatable bonds is 4. The second-order valence-corrected chi connectivity index (χ2v) is 13.6. The lowest BCUT2D eigenvalue weighted by molar-refractivity contribution is -0.190. The Morgan fingerprint density at radius 2 is 1.82 bits per heavy atom. The lowest BCUT2D eigenvalue weighted by Gasteiger charge is -2.40. The number of fused-ring (bicyclic) bond motifs is 3. The molecule has 0 spiro atoms. The number of sulfone groups is 1. The Balaban J connectivity index is 1.45. The molecule has 1 atom stereocenters. The van der Waals surface area contributed by atoms with Crippen molar-refractivity contribution < 1.29 is 26.4 Å². The summed E-state index contributed by atoms with van der Waals surface area (Å²) in [6.45, 7) is 4.82. The molecule has 0 N–H and O–H groups in total. The number of alkyl halides is 3. The van der Waals surface area contributed by atoms with Crippen LogP contribution in [0.15, 0.2) is 36.5 Å². The van der Waals surface area contributed by atoms with E-state index < -0.39 is 33.9 Å². The number of halogens is 4. The molecule has 1 fully saturated rings. The summed E-state index contributed by atoms with van der Waals surface area (Å²) in [5.41, 5.74) is 2.67. The van der Waals surface area contributed by atoms with Gasteiger partial charge < -0.3 is 9.80 Å². The van der Waals surface area contributed by atoms with E-state index in [0.29, 0.717) is 27.9 Å². The minimum atomic E-state index is -4.72. The number of hydrogen-bond acceptors (Lipinski definition) is 6. The highest BCUT2D eigenvalue weighted by Crippen LogP contribution is 2.44. The van der Waals surface area contributed by atoms with Gasteiger partial charge in [-0.25, -0.2) is 17.9 Å². The number of hydrogen-bond donors (Lipinski definition) is 0. The molecule has 2 aliphatic heterocycles. The van der Waals surface area contributed by atoms with Gasteiger partial charge in [0.2, 0.25) is 5.91 Å². The third kappa shape index (κ3) is 5.20. The maximum atomic E-state index is 14.3. The van der Waals surface area contributed by atoms with Crippen LogP contribution in [0.1, 0.15) is 50.4 Å². The number of anilines is 2. The molecule has 13 heteroatoms. The zero-order valence-electron chi connectivity index (χ0n) is 21.7. The monoisotopic (exact) mass is 583 g/mol. The standard InChI is InChI=1S/C26H29ClF3N5O3S/c1-25(2)10-11-34(19-15-31-21-14-20(27)32-35(21)23(19)25)18-6-4-16(5-7-18)22(26(28,29)30)33(3)24(36)17-8-12-39(37,38)13-9-17/h4-7,14-15,17,22H,8-13H2,1-3H3/t22-/m0/s1. The highest BCUT2D eigenvalue weighted by Gasteiger charge is 2.47. The molecule has 0 aliphatic carbocycles. The van der Waals surface area contributed by atoms with Crippen LogP contribution in [0.4, 0.5) is 24.5 Å². The van der Waals surface area contributed by atoms with Gasteiger partial charge in [-0.3, -0.25) is 4.79 Å². The summed E-state index contributed by atoms with van der Waals surface area (Å²) in [6.07, 6.45) is -2.17. The fourth-order valence-corrected chi connectivity index (χ4v) is 7.31. The molecular formula is C26H29ClF3N5O3S. The van der Waals surface area contributed by atoms with Crippen LogP contribution in [-0.2, 0) is 20.0 Å². The first-order chi connectivity index (χ1) is 18.2. The molecule has 1 saturated heterocycles. The first-order valence-electron chi connectivity index (χ1n) is 12.6. The van der Waals surface area contributed by atoms with Crippen LogP contribution in [0.3, 0.4) is 0 Å². The Labute approximate surface area is 229 Å². The van der Waals surface area contributed by atoms with Crippen LogP contribution >= 0.6 is 11.6 Å². The van der Waals surface area contributed by atoms with Gasteiger partial charge in [0, 0.05) is 36.7 Å². The molecule has 2 aliphatic rings. The third-order valence-electron chi connectivity index (χ3n) is 7.80. The predicted octanol–water partition coefficient (Wildman–Crippen LogP) is 5.09. The molecule has 8 nitrogen and oxygen atoms in total. The molecule has 0 bridgehead atoms. The number of nitrogens with zero attached hydrogens (tertiary/aromatic N) is 5.